The predicted octanol–water partition coefficient (Wildman–Crippen LogP) is 2.37. The van der Waals surface area contributed by atoms with Crippen molar-refractivity contribution in [2.45, 2.75) is 19.9 Å². The van der Waals surface area contributed by atoms with Crippen LogP contribution in [-0.2, 0) is 17.8 Å². The second kappa shape index (κ2) is 7.28. The first-order chi connectivity index (χ1) is 9.78. The zero-order chi connectivity index (χ0) is 14.2. The van der Waals surface area contributed by atoms with E-state index in [4.69, 9.17) is 0 Å². The number of pyridine rings is 1. The fourth-order valence-corrected chi connectivity index (χ4v) is 1.81. The summed E-state index contributed by atoms with van der Waals surface area (Å²) in [5.41, 5.74) is 3.24. The van der Waals surface area contributed by atoms with Gasteiger partial charge in [0.15, 0.2) is 0 Å². The van der Waals surface area contributed by atoms with E-state index in [0.29, 0.717) is 6.54 Å². The molecule has 0 radical (unpaired) electrons. The van der Waals surface area contributed by atoms with Crippen LogP contribution in [0.3, 0.4) is 0 Å². The molecule has 0 aliphatic rings. The third-order valence-corrected chi connectivity index (χ3v) is 3.03. The summed E-state index contributed by atoms with van der Waals surface area (Å²) in [6.07, 6.45) is 4.48. The molecule has 2 aromatic rings. The predicted molar refractivity (Wildman–Crippen MR) is 80.4 cm³/mol. The van der Waals surface area contributed by atoms with Gasteiger partial charge in [0.1, 0.15) is 0 Å². The number of carbonyl (C=O) groups excluding carboxylic acids is 1. The van der Waals surface area contributed by atoms with Crippen LogP contribution in [0, 0.1) is 0 Å². The van der Waals surface area contributed by atoms with Crippen molar-refractivity contribution in [3.8, 4) is 0 Å². The molecule has 4 heteroatoms. The number of anilines is 1. The molecule has 1 amide bonds. The molecule has 0 atom stereocenters. The van der Waals surface area contributed by atoms with Crippen LogP contribution in [0.4, 0.5) is 5.69 Å². The van der Waals surface area contributed by atoms with E-state index >= 15 is 0 Å². The lowest BCUT2D eigenvalue weighted by Gasteiger charge is -2.08. The maximum Gasteiger partial charge on any atom is 0.239 e. The fraction of sp³-hybridized carbons (Fsp3) is 0.250. The highest BCUT2D eigenvalue weighted by molar-refractivity contribution is 5.80. The van der Waals surface area contributed by atoms with Gasteiger partial charge in [0.05, 0.1) is 6.54 Å². The molecule has 0 bridgehead atoms. The van der Waals surface area contributed by atoms with Crippen LogP contribution in [-0.4, -0.2) is 17.4 Å². The molecule has 0 aliphatic carbocycles. The Hall–Kier alpha value is -2.36. The molecular formula is C16H19N3O. The zero-order valence-electron chi connectivity index (χ0n) is 11.6. The highest BCUT2D eigenvalue weighted by atomic mass is 16.1. The molecule has 0 aliphatic heterocycles. The van der Waals surface area contributed by atoms with Crippen LogP contribution in [0.15, 0.2) is 48.8 Å². The van der Waals surface area contributed by atoms with Gasteiger partial charge in [-0.25, -0.2) is 0 Å². The van der Waals surface area contributed by atoms with Gasteiger partial charge in [-0.3, -0.25) is 9.78 Å². The van der Waals surface area contributed by atoms with Crippen LogP contribution < -0.4 is 10.6 Å². The maximum atomic E-state index is 11.7. The van der Waals surface area contributed by atoms with Gasteiger partial charge in [0, 0.05) is 24.6 Å². The van der Waals surface area contributed by atoms with Gasteiger partial charge in [0.25, 0.3) is 0 Å². The van der Waals surface area contributed by atoms with Crippen LogP contribution in [0.5, 0.6) is 0 Å². The summed E-state index contributed by atoms with van der Waals surface area (Å²) in [5.74, 6) is -0.0339. The summed E-state index contributed by atoms with van der Waals surface area (Å²) in [7, 11) is 0. The van der Waals surface area contributed by atoms with Crippen molar-refractivity contribution in [3.05, 3.63) is 59.9 Å². The third kappa shape index (κ3) is 4.39. The molecule has 0 saturated heterocycles. The van der Waals surface area contributed by atoms with Crippen LogP contribution in [0.25, 0.3) is 0 Å². The average Bonchev–Trinajstić information content (AvgIpc) is 2.52. The first-order valence-corrected chi connectivity index (χ1v) is 6.76. The minimum Gasteiger partial charge on any atom is -0.376 e. The summed E-state index contributed by atoms with van der Waals surface area (Å²) >= 11 is 0. The summed E-state index contributed by atoms with van der Waals surface area (Å²) in [6, 6.07) is 11.9. The Balaban J connectivity index is 1.74. The third-order valence-electron chi connectivity index (χ3n) is 3.03. The minimum atomic E-state index is -0.0339. The molecule has 4 nitrogen and oxygen atoms in total. The Morgan fingerprint density at radius 3 is 2.60 bits per heavy atom. The highest BCUT2D eigenvalue weighted by Crippen LogP contribution is 2.09. The standard InChI is InChI=1S/C16H19N3O/c1-2-13-5-7-15(8-6-13)18-12-16(20)19-11-14-4-3-9-17-10-14/h3-10,18H,2,11-12H2,1H3,(H,19,20). The number of hydrogen-bond donors (Lipinski definition) is 2. The molecule has 0 fully saturated rings. The smallest absolute Gasteiger partial charge is 0.239 e. The molecule has 1 heterocycles. The van der Waals surface area contributed by atoms with Crippen LogP contribution in [0.1, 0.15) is 18.1 Å². The number of benzene rings is 1. The number of carbonyl (C=O) groups is 1. The van der Waals surface area contributed by atoms with Crippen molar-refractivity contribution in [2.24, 2.45) is 0 Å². The van der Waals surface area contributed by atoms with E-state index < -0.39 is 0 Å². The normalized spacial score (nSPS) is 10.1. The fourth-order valence-electron chi connectivity index (χ4n) is 1.81. The summed E-state index contributed by atoms with van der Waals surface area (Å²) < 4.78 is 0. The number of amides is 1. The minimum absolute atomic E-state index is 0.0339. The second-order valence-electron chi connectivity index (χ2n) is 4.54. The van der Waals surface area contributed by atoms with Gasteiger partial charge in [-0.15, -0.1) is 0 Å². The molecule has 2 N–H and O–H groups in total. The Morgan fingerprint density at radius 1 is 1.15 bits per heavy atom. The number of hydrogen-bond acceptors (Lipinski definition) is 3. The first kappa shape index (κ1) is 14.1. The van der Waals surface area contributed by atoms with Gasteiger partial charge >= 0.3 is 0 Å². The maximum absolute atomic E-state index is 11.7. The number of aromatic nitrogens is 1. The van der Waals surface area contributed by atoms with E-state index in [-0.39, 0.29) is 12.5 Å². The average molecular weight is 269 g/mol. The van der Waals surface area contributed by atoms with Crippen LogP contribution >= 0.6 is 0 Å². The molecule has 104 valence electrons. The largest absolute Gasteiger partial charge is 0.376 e. The summed E-state index contributed by atoms with van der Waals surface area (Å²) in [4.78, 5) is 15.7. The molecule has 1 aromatic heterocycles. The molecule has 1 aromatic carbocycles. The van der Waals surface area contributed by atoms with Crippen molar-refractivity contribution in [3.63, 3.8) is 0 Å². The molecule has 0 saturated carbocycles. The Morgan fingerprint density at radius 2 is 1.95 bits per heavy atom. The summed E-state index contributed by atoms with van der Waals surface area (Å²) in [5, 5.41) is 5.95. The monoisotopic (exact) mass is 269 g/mol. The molecule has 0 spiro atoms. The van der Waals surface area contributed by atoms with Crippen molar-refractivity contribution in [1.82, 2.24) is 10.3 Å². The lowest BCUT2D eigenvalue weighted by Crippen LogP contribution is -2.29. The Bertz CT molecular complexity index is 537. The Kier molecular flexibility index (Phi) is 5.12. The number of nitrogens with zero attached hydrogens (tertiary/aromatic N) is 1. The van der Waals surface area contributed by atoms with Crippen LogP contribution in [0.2, 0.25) is 0 Å². The van der Waals surface area contributed by atoms with Crippen molar-refractivity contribution >= 4 is 11.6 Å². The van der Waals surface area contributed by atoms with E-state index in [2.05, 4.69) is 34.7 Å². The topological polar surface area (TPSA) is 54.0 Å². The second-order valence-corrected chi connectivity index (χ2v) is 4.54. The number of rotatable bonds is 6. The van der Waals surface area contributed by atoms with E-state index in [1.54, 1.807) is 12.4 Å². The lowest BCUT2D eigenvalue weighted by atomic mass is 10.1. The van der Waals surface area contributed by atoms with E-state index in [1.165, 1.54) is 5.56 Å². The molecule has 20 heavy (non-hydrogen) atoms. The number of nitrogens with one attached hydrogen (secondary N) is 2. The van der Waals surface area contributed by atoms with Gasteiger partial charge in [0.2, 0.25) is 5.91 Å². The van der Waals surface area contributed by atoms with Crippen molar-refractivity contribution < 1.29 is 4.79 Å². The van der Waals surface area contributed by atoms with Gasteiger partial charge in [-0.05, 0) is 35.7 Å². The zero-order valence-corrected chi connectivity index (χ0v) is 11.6. The van der Waals surface area contributed by atoms with E-state index in [1.807, 2.05) is 24.3 Å². The SMILES string of the molecule is CCc1ccc(NCC(=O)NCc2cccnc2)cc1. The van der Waals surface area contributed by atoms with Crippen molar-refractivity contribution in [1.29, 1.82) is 0 Å². The first-order valence-electron chi connectivity index (χ1n) is 6.76. The van der Waals surface area contributed by atoms with Gasteiger partial charge in [-0.2, -0.15) is 0 Å². The number of aryl methyl sites for hydroxylation is 1. The highest BCUT2D eigenvalue weighted by Gasteiger charge is 2.01. The Labute approximate surface area is 119 Å². The molecular weight excluding hydrogens is 250 g/mol. The molecule has 2 rings (SSSR count). The summed E-state index contributed by atoms with van der Waals surface area (Å²) in [6.45, 7) is 2.89. The van der Waals surface area contributed by atoms with Gasteiger partial charge < -0.3 is 10.6 Å². The van der Waals surface area contributed by atoms with E-state index in [0.717, 1.165) is 17.7 Å². The molecule has 0 unspecified atom stereocenters. The van der Waals surface area contributed by atoms with E-state index in [9.17, 15) is 4.79 Å². The van der Waals surface area contributed by atoms with Crippen molar-refractivity contribution in [2.75, 3.05) is 11.9 Å². The van der Waals surface area contributed by atoms with Gasteiger partial charge in [-0.1, -0.05) is 25.1 Å². The quantitative estimate of drug-likeness (QED) is 0.846. The lowest BCUT2D eigenvalue weighted by molar-refractivity contribution is -0.119.